The average molecular weight is 389 g/mol. The van der Waals surface area contributed by atoms with Crippen LogP contribution in [0.5, 0.6) is 0 Å². The maximum absolute atomic E-state index is 14.0. The number of hydrogen-bond donors (Lipinski definition) is 2. The molecule has 2 aromatic carbocycles. The molecule has 4 nitrogen and oxygen atoms in total. The molecule has 0 aromatic heterocycles. The molecule has 2 atom stereocenters. The molecule has 4 rings (SSSR count). The van der Waals surface area contributed by atoms with Crippen LogP contribution in [-0.4, -0.2) is 55.6 Å². The predicted octanol–water partition coefficient (Wildman–Crippen LogP) is 3.85. The molecule has 0 bridgehead atoms. The summed E-state index contributed by atoms with van der Waals surface area (Å²) >= 11 is 6.19. The van der Waals surface area contributed by atoms with E-state index in [1.54, 1.807) is 12.1 Å². The standard InChI is InChI=1S/C21H26ClFN4/c1-14(13-27-9-7-26(2)8-10-27)24-21-17-5-3-15(22)11-20(17)25-19-6-4-16(23)12-18(19)21/h3-6,11-12,14,21,24-25H,7-10,13H2,1-2H3. The predicted molar refractivity (Wildman–Crippen MR) is 110 cm³/mol. The number of hydrogen-bond acceptors (Lipinski definition) is 4. The van der Waals surface area contributed by atoms with Crippen molar-refractivity contribution in [2.45, 2.75) is 19.0 Å². The number of piperazine rings is 1. The summed E-state index contributed by atoms with van der Waals surface area (Å²) in [5.74, 6) is -0.216. The van der Waals surface area contributed by atoms with Crippen LogP contribution in [0.3, 0.4) is 0 Å². The Kier molecular flexibility index (Phi) is 5.37. The van der Waals surface area contributed by atoms with Crippen molar-refractivity contribution in [3.63, 3.8) is 0 Å². The van der Waals surface area contributed by atoms with Gasteiger partial charge in [-0.2, -0.15) is 0 Å². The molecular weight excluding hydrogens is 363 g/mol. The number of likely N-dealkylation sites (N-methyl/N-ethyl adjacent to an activating group) is 1. The summed E-state index contributed by atoms with van der Waals surface area (Å²) in [6.45, 7) is 7.57. The molecule has 0 aliphatic carbocycles. The van der Waals surface area contributed by atoms with Gasteiger partial charge in [0.2, 0.25) is 0 Å². The SMILES string of the molecule is CC(CN1CCN(C)CC1)NC1c2ccc(Cl)cc2Nc2ccc(F)cc21. The Labute approximate surface area is 165 Å². The van der Waals surface area contributed by atoms with Gasteiger partial charge in [0.1, 0.15) is 5.82 Å². The van der Waals surface area contributed by atoms with E-state index in [2.05, 4.69) is 34.4 Å². The Hall–Kier alpha value is -1.66. The van der Waals surface area contributed by atoms with Gasteiger partial charge < -0.3 is 15.5 Å². The minimum atomic E-state index is -0.216. The van der Waals surface area contributed by atoms with E-state index in [4.69, 9.17) is 11.6 Å². The zero-order chi connectivity index (χ0) is 19.0. The molecular formula is C21H26ClFN4. The highest BCUT2D eigenvalue weighted by Crippen LogP contribution is 2.41. The first-order chi connectivity index (χ1) is 13.0. The monoisotopic (exact) mass is 388 g/mol. The number of nitrogens with one attached hydrogen (secondary N) is 2. The molecule has 144 valence electrons. The molecule has 0 radical (unpaired) electrons. The third kappa shape index (κ3) is 4.11. The molecule has 2 aliphatic heterocycles. The number of fused-ring (bicyclic) bond motifs is 2. The average Bonchev–Trinajstić information content (AvgIpc) is 2.63. The molecule has 0 saturated carbocycles. The smallest absolute Gasteiger partial charge is 0.123 e. The highest BCUT2D eigenvalue weighted by molar-refractivity contribution is 6.30. The van der Waals surface area contributed by atoms with Crippen molar-refractivity contribution in [1.82, 2.24) is 15.1 Å². The van der Waals surface area contributed by atoms with Crippen LogP contribution in [0.4, 0.5) is 15.8 Å². The summed E-state index contributed by atoms with van der Waals surface area (Å²) < 4.78 is 14.0. The van der Waals surface area contributed by atoms with E-state index in [9.17, 15) is 4.39 Å². The summed E-state index contributed by atoms with van der Waals surface area (Å²) in [5.41, 5.74) is 3.94. The number of halogens is 2. The van der Waals surface area contributed by atoms with Crippen LogP contribution in [0.1, 0.15) is 24.1 Å². The van der Waals surface area contributed by atoms with E-state index in [1.165, 1.54) is 6.07 Å². The van der Waals surface area contributed by atoms with Gasteiger partial charge in [-0.3, -0.25) is 4.90 Å². The van der Waals surface area contributed by atoms with Gasteiger partial charge >= 0.3 is 0 Å². The minimum absolute atomic E-state index is 0.0633. The summed E-state index contributed by atoms with van der Waals surface area (Å²) in [6.07, 6.45) is 0. The third-order valence-electron chi connectivity index (χ3n) is 5.50. The zero-order valence-electron chi connectivity index (χ0n) is 15.8. The van der Waals surface area contributed by atoms with E-state index >= 15 is 0 Å². The van der Waals surface area contributed by atoms with E-state index in [1.807, 2.05) is 18.2 Å². The maximum Gasteiger partial charge on any atom is 0.123 e. The van der Waals surface area contributed by atoms with E-state index < -0.39 is 0 Å². The molecule has 2 N–H and O–H groups in total. The Bertz CT molecular complexity index is 820. The van der Waals surface area contributed by atoms with Gasteiger partial charge in [0.05, 0.1) is 6.04 Å². The number of nitrogens with zero attached hydrogens (tertiary/aromatic N) is 2. The van der Waals surface area contributed by atoms with Gasteiger partial charge in [-0.15, -0.1) is 0 Å². The molecule has 1 saturated heterocycles. The maximum atomic E-state index is 14.0. The van der Waals surface area contributed by atoms with Crippen LogP contribution >= 0.6 is 11.6 Å². The lowest BCUT2D eigenvalue weighted by Crippen LogP contribution is -2.49. The van der Waals surface area contributed by atoms with Gasteiger partial charge in [0, 0.05) is 55.2 Å². The minimum Gasteiger partial charge on any atom is -0.355 e. The van der Waals surface area contributed by atoms with Crippen molar-refractivity contribution >= 4 is 23.0 Å². The lowest BCUT2D eigenvalue weighted by Gasteiger charge is -2.36. The molecule has 27 heavy (non-hydrogen) atoms. The van der Waals surface area contributed by atoms with Crippen LogP contribution in [0.2, 0.25) is 5.02 Å². The van der Waals surface area contributed by atoms with Crippen molar-refractivity contribution in [3.8, 4) is 0 Å². The number of rotatable bonds is 4. The molecule has 0 spiro atoms. The zero-order valence-corrected chi connectivity index (χ0v) is 16.6. The van der Waals surface area contributed by atoms with E-state index in [0.717, 1.165) is 55.2 Å². The Morgan fingerprint density at radius 3 is 2.67 bits per heavy atom. The Balaban J connectivity index is 1.57. The fraction of sp³-hybridized carbons (Fsp3) is 0.429. The van der Waals surface area contributed by atoms with E-state index in [0.29, 0.717) is 5.02 Å². The summed E-state index contributed by atoms with van der Waals surface area (Å²) in [7, 11) is 2.17. The molecule has 2 unspecified atom stereocenters. The third-order valence-corrected chi connectivity index (χ3v) is 5.73. The highest BCUT2D eigenvalue weighted by Gasteiger charge is 2.28. The summed E-state index contributed by atoms with van der Waals surface area (Å²) in [5, 5.41) is 7.81. The topological polar surface area (TPSA) is 30.5 Å². The molecule has 6 heteroatoms. The van der Waals surface area contributed by atoms with Gasteiger partial charge in [0.25, 0.3) is 0 Å². The molecule has 0 amide bonds. The van der Waals surface area contributed by atoms with Crippen LogP contribution < -0.4 is 10.6 Å². The molecule has 1 fully saturated rings. The normalized spacial score (nSPS) is 21.3. The van der Waals surface area contributed by atoms with Gasteiger partial charge in [-0.05, 0) is 55.4 Å². The van der Waals surface area contributed by atoms with Crippen molar-refractivity contribution in [2.24, 2.45) is 0 Å². The first-order valence-electron chi connectivity index (χ1n) is 9.52. The second kappa shape index (κ2) is 7.76. The van der Waals surface area contributed by atoms with Gasteiger partial charge in [0.15, 0.2) is 0 Å². The van der Waals surface area contributed by atoms with Gasteiger partial charge in [-0.25, -0.2) is 4.39 Å². The van der Waals surface area contributed by atoms with Crippen LogP contribution in [0, 0.1) is 5.82 Å². The molecule has 2 aliphatic rings. The molecule has 2 aromatic rings. The summed E-state index contributed by atoms with van der Waals surface area (Å²) in [4.78, 5) is 4.86. The first kappa shape index (κ1) is 18.7. The lowest BCUT2D eigenvalue weighted by atomic mass is 9.91. The fourth-order valence-electron chi connectivity index (χ4n) is 4.02. The van der Waals surface area contributed by atoms with Gasteiger partial charge in [-0.1, -0.05) is 17.7 Å². The quantitative estimate of drug-likeness (QED) is 0.832. The van der Waals surface area contributed by atoms with Crippen molar-refractivity contribution < 1.29 is 4.39 Å². The van der Waals surface area contributed by atoms with Crippen LogP contribution in [0.25, 0.3) is 0 Å². The largest absolute Gasteiger partial charge is 0.355 e. The van der Waals surface area contributed by atoms with Crippen molar-refractivity contribution in [1.29, 1.82) is 0 Å². The van der Waals surface area contributed by atoms with E-state index in [-0.39, 0.29) is 17.9 Å². The second-order valence-corrected chi connectivity index (χ2v) is 8.13. The Morgan fingerprint density at radius 1 is 1.11 bits per heavy atom. The number of anilines is 2. The highest BCUT2D eigenvalue weighted by atomic mass is 35.5. The lowest BCUT2D eigenvalue weighted by molar-refractivity contribution is 0.143. The first-order valence-corrected chi connectivity index (χ1v) is 9.90. The molecule has 2 heterocycles. The van der Waals surface area contributed by atoms with Crippen LogP contribution in [-0.2, 0) is 0 Å². The summed E-state index contributed by atoms with van der Waals surface area (Å²) in [6, 6.07) is 11.0. The second-order valence-electron chi connectivity index (χ2n) is 7.69. The van der Waals surface area contributed by atoms with Crippen LogP contribution in [0.15, 0.2) is 36.4 Å². The fourth-order valence-corrected chi connectivity index (χ4v) is 4.19. The Morgan fingerprint density at radius 2 is 1.89 bits per heavy atom. The van der Waals surface area contributed by atoms with Crippen molar-refractivity contribution in [2.75, 3.05) is 45.1 Å². The van der Waals surface area contributed by atoms with Crippen molar-refractivity contribution in [3.05, 3.63) is 58.4 Å². The number of benzene rings is 2.